The number of benzene rings is 2. The molecule has 2 aliphatic rings. The highest BCUT2D eigenvalue weighted by Gasteiger charge is 2.35. The van der Waals surface area contributed by atoms with Crippen LogP contribution in [0.25, 0.3) is 0 Å². The van der Waals surface area contributed by atoms with Gasteiger partial charge in [-0.2, -0.15) is 4.98 Å². The molecule has 224 valence electrons. The van der Waals surface area contributed by atoms with Crippen LogP contribution in [0.5, 0.6) is 5.75 Å². The maximum atomic E-state index is 13.5. The van der Waals surface area contributed by atoms with E-state index in [1.54, 1.807) is 44.3 Å². The minimum Gasteiger partial charge on any atom is -0.489 e. The number of carbonyl (C=O) groups is 1. The number of fused-ring (bicyclic) bond motifs is 1. The monoisotopic (exact) mass is 592 g/mol. The molecule has 0 unspecified atom stereocenters. The largest absolute Gasteiger partial charge is 0.489 e. The van der Waals surface area contributed by atoms with Crippen LogP contribution >= 0.6 is 0 Å². The second kappa shape index (κ2) is 11.9. The number of carbonyl (C=O) groups excluding carboxylic acids is 1. The third-order valence-corrected chi connectivity index (χ3v) is 10.0. The van der Waals surface area contributed by atoms with Crippen molar-refractivity contribution in [1.82, 2.24) is 19.8 Å². The number of piperidine rings is 1. The fraction of sp³-hybridized carbons (Fsp3) is 0.452. The number of ether oxygens (including phenoxy) is 1. The van der Waals surface area contributed by atoms with Crippen LogP contribution in [-0.2, 0) is 16.4 Å². The van der Waals surface area contributed by atoms with Gasteiger partial charge in [-0.15, -0.1) is 0 Å². The van der Waals surface area contributed by atoms with Crippen molar-refractivity contribution in [2.24, 2.45) is 0 Å². The van der Waals surface area contributed by atoms with Gasteiger partial charge in [0.15, 0.2) is 9.84 Å². The molecule has 2 aliphatic heterocycles. The van der Waals surface area contributed by atoms with E-state index in [-0.39, 0.29) is 22.9 Å². The third-order valence-electron chi connectivity index (χ3n) is 7.81. The van der Waals surface area contributed by atoms with Gasteiger partial charge in [0.2, 0.25) is 5.95 Å². The van der Waals surface area contributed by atoms with Gasteiger partial charge in [0.1, 0.15) is 11.6 Å². The number of rotatable bonds is 9. The Kier molecular flexibility index (Phi) is 8.43. The Labute approximate surface area is 248 Å². The van der Waals surface area contributed by atoms with Crippen LogP contribution in [0.3, 0.4) is 0 Å². The molecule has 2 aromatic carbocycles. The van der Waals surface area contributed by atoms with Crippen LogP contribution in [0.4, 0.5) is 23.1 Å². The first-order valence-electron chi connectivity index (χ1n) is 14.5. The summed E-state index contributed by atoms with van der Waals surface area (Å²) in [6, 6.07) is 10.8. The van der Waals surface area contributed by atoms with Gasteiger partial charge in [-0.05, 0) is 97.4 Å². The first-order chi connectivity index (χ1) is 19.9. The van der Waals surface area contributed by atoms with Gasteiger partial charge < -0.3 is 25.2 Å². The van der Waals surface area contributed by atoms with Gasteiger partial charge >= 0.3 is 0 Å². The SMILES string of the molecule is Cc1cnc(Nc2cc3c(cc2OC(C)C)CN(C2CCN(C)CC2)C3=O)nc1Nc1ccccc1S(=O)(=O)C(C)C. The first-order valence-corrected chi connectivity index (χ1v) is 16.0. The highest BCUT2D eigenvalue weighted by atomic mass is 32.2. The average Bonchev–Trinajstić information content (AvgIpc) is 3.26. The van der Waals surface area contributed by atoms with Gasteiger partial charge in [-0.3, -0.25) is 4.79 Å². The minimum absolute atomic E-state index is 0.0360. The zero-order valence-corrected chi connectivity index (χ0v) is 26.0. The Morgan fingerprint density at radius 3 is 2.43 bits per heavy atom. The number of amides is 1. The molecular formula is C31H40N6O4S. The molecule has 1 saturated heterocycles. The fourth-order valence-electron chi connectivity index (χ4n) is 5.36. The average molecular weight is 593 g/mol. The van der Waals surface area contributed by atoms with Crippen molar-refractivity contribution in [3.05, 3.63) is 59.3 Å². The number of para-hydroxylation sites is 1. The van der Waals surface area contributed by atoms with E-state index < -0.39 is 15.1 Å². The molecule has 1 fully saturated rings. The van der Waals surface area contributed by atoms with E-state index in [9.17, 15) is 13.2 Å². The summed E-state index contributed by atoms with van der Waals surface area (Å²) in [4.78, 5) is 27.2. The van der Waals surface area contributed by atoms with Gasteiger partial charge in [0.05, 0.1) is 27.6 Å². The third kappa shape index (κ3) is 6.07. The van der Waals surface area contributed by atoms with Crippen LogP contribution in [-0.4, -0.2) is 71.6 Å². The molecule has 42 heavy (non-hydrogen) atoms. The van der Waals surface area contributed by atoms with Crippen LogP contribution in [0.15, 0.2) is 47.5 Å². The highest BCUT2D eigenvalue weighted by molar-refractivity contribution is 7.92. The zero-order valence-electron chi connectivity index (χ0n) is 25.1. The molecule has 0 atom stereocenters. The lowest BCUT2D eigenvalue weighted by Gasteiger charge is -2.34. The number of hydrogen-bond donors (Lipinski definition) is 2. The molecule has 0 saturated carbocycles. The van der Waals surface area contributed by atoms with Crippen LogP contribution in [0.2, 0.25) is 0 Å². The van der Waals surface area contributed by atoms with E-state index in [0.29, 0.717) is 41.0 Å². The molecule has 10 nitrogen and oxygen atoms in total. The van der Waals surface area contributed by atoms with Crippen molar-refractivity contribution in [3.8, 4) is 5.75 Å². The molecule has 5 rings (SSSR count). The summed E-state index contributed by atoms with van der Waals surface area (Å²) < 4.78 is 32.1. The summed E-state index contributed by atoms with van der Waals surface area (Å²) in [6.07, 6.45) is 3.51. The number of likely N-dealkylation sites (tertiary alicyclic amines) is 1. The lowest BCUT2D eigenvalue weighted by Crippen LogP contribution is -2.43. The molecule has 2 N–H and O–H groups in total. The van der Waals surface area contributed by atoms with Gasteiger partial charge in [0.25, 0.3) is 5.91 Å². The molecule has 1 amide bonds. The Hall–Kier alpha value is -3.70. The van der Waals surface area contributed by atoms with Crippen LogP contribution in [0, 0.1) is 6.92 Å². The number of aromatic nitrogens is 2. The molecule has 0 bridgehead atoms. The first kappa shape index (κ1) is 29.8. The number of aryl methyl sites for hydroxylation is 1. The predicted molar refractivity (Wildman–Crippen MR) is 165 cm³/mol. The topological polar surface area (TPSA) is 117 Å². The Morgan fingerprint density at radius 2 is 1.74 bits per heavy atom. The molecular weight excluding hydrogens is 552 g/mol. The van der Waals surface area contributed by atoms with E-state index in [1.165, 1.54) is 0 Å². The number of anilines is 4. The lowest BCUT2D eigenvalue weighted by molar-refractivity contribution is 0.0617. The van der Waals surface area contributed by atoms with E-state index in [2.05, 4.69) is 32.5 Å². The second-order valence-corrected chi connectivity index (χ2v) is 14.2. The van der Waals surface area contributed by atoms with Crippen molar-refractivity contribution in [1.29, 1.82) is 0 Å². The van der Waals surface area contributed by atoms with Crippen LogP contribution < -0.4 is 15.4 Å². The smallest absolute Gasteiger partial charge is 0.254 e. The summed E-state index contributed by atoms with van der Waals surface area (Å²) in [5.74, 6) is 1.41. The molecule has 1 aromatic heterocycles. The maximum absolute atomic E-state index is 13.5. The van der Waals surface area contributed by atoms with Crippen LogP contribution in [0.1, 0.15) is 62.0 Å². The van der Waals surface area contributed by atoms with Crippen molar-refractivity contribution < 1.29 is 17.9 Å². The highest BCUT2D eigenvalue weighted by Crippen LogP contribution is 2.37. The number of hydrogen-bond acceptors (Lipinski definition) is 9. The van der Waals surface area contributed by atoms with Crippen molar-refractivity contribution in [2.45, 2.75) is 76.3 Å². The summed E-state index contributed by atoms with van der Waals surface area (Å²) in [7, 11) is -1.40. The summed E-state index contributed by atoms with van der Waals surface area (Å²) >= 11 is 0. The normalized spacial score (nSPS) is 16.3. The molecule has 3 heterocycles. The minimum atomic E-state index is -3.52. The van der Waals surface area contributed by atoms with E-state index in [1.807, 2.05) is 37.8 Å². The van der Waals surface area contributed by atoms with Crippen molar-refractivity contribution >= 4 is 38.9 Å². The van der Waals surface area contributed by atoms with Gasteiger partial charge in [0, 0.05) is 29.9 Å². The summed E-state index contributed by atoms with van der Waals surface area (Å²) in [5, 5.41) is 5.90. The standard InChI is InChI=1S/C31H40N6O4S/c1-19(2)41-27-15-22-18-37(23-11-13-36(6)14-12-23)30(38)24(22)16-26(27)34-31-32-17-21(5)29(35-31)33-25-9-7-8-10-28(25)42(39,40)20(3)4/h7-10,15-17,19-20,23H,11-14,18H2,1-6H3,(H2,32,33,34,35). The number of nitrogens with one attached hydrogen (secondary N) is 2. The Morgan fingerprint density at radius 1 is 1.02 bits per heavy atom. The van der Waals surface area contributed by atoms with E-state index in [4.69, 9.17) is 4.74 Å². The maximum Gasteiger partial charge on any atom is 0.254 e. The molecule has 11 heteroatoms. The zero-order chi connectivity index (χ0) is 30.2. The molecule has 0 aliphatic carbocycles. The van der Waals surface area contributed by atoms with Crippen molar-refractivity contribution in [3.63, 3.8) is 0 Å². The summed E-state index contributed by atoms with van der Waals surface area (Å²) in [6.45, 7) is 11.6. The number of sulfone groups is 1. The second-order valence-electron chi connectivity index (χ2n) is 11.7. The predicted octanol–water partition coefficient (Wildman–Crippen LogP) is 5.29. The Balaban J connectivity index is 1.44. The summed E-state index contributed by atoms with van der Waals surface area (Å²) in [5.41, 5.74) is 3.40. The molecule has 3 aromatic rings. The van der Waals surface area contributed by atoms with E-state index >= 15 is 0 Å². The number of nitrogens with zero attached hydrogens (tertiary/aromatic N) is 4. The van der Waals surface area contributed by atoms with Gasteiger partial charge in [-0.25, -0.2) is 13.4 Å². The van der Waals surface area contributed by atoms with Gasteiger partial charge in [-0.1, -0.05) is 12.1 Å². The van der Waals surface area contributed by atoms with Crippen molar-refractivity contribution in [2.75, 3.05) is 30.8 Å². The quantitative estimate of drug-likeness (QED) is 0.342. The fourth-order valence-corrected chi connectivity index (χ4v) is 6.56. The Bertz CT molecular complexity index is 1580. The molecule has 0 spiro atoms. The van der Waals surface area contributed by atoms with E-state index in [0.717, 1.165) is 37.1 Å². The molecule has 0 radical (unpaired) electrons. The lowest BCUT2D eigenvalue weighted by atomic mass is 10.0.